The number of hydrogen-bond acceptors (Lipinski definition) is 2. The summed E-state index contributed by atoms with van der Waals surface area (Å²) in [5.41, 5.74) is 0. The smallest absolute Gasteiger partial charge is 0.317 e. The van der Waals surface area contributed by atoms with Crippen molar-refractivity contribution >= 4 is 6.03 Å². The van der Waals surface area contributed by atoms with E-state index >= 15 is 0 Å². The lowest BCUT2D eigenvalue weighted by molar-refractivity contribution is 0.0769. The summed E-state index contributed by atoms with van der Waals surface area (Å²) in [4.78, 5) is 13.9. The molecule has 4 nitrogen and oxygen atoms in total. The number of piperidine rings is 1. The number of hydrogen-bond donors (Lipinski definition) is 1. The van der Waals surface area contributed by atoms with Gasteiger partial charge in [-0.05, 0) is 38.5 Å². The van der Waals surface area contributed by atoms with Crippen LogP contribution in [0.2, 0.25) is 0 Å². The number of carbonyl (C=O) groups is 1. The minimum Gasteiger partial charge on any atom is -0.379 e. The third kappa shape index (κ3) is 5.25. The van der Waals surface area contributed by atoms with Crippen LogP contribution in [0.25, 0.3) is 0 Å². The molecular weight excluding hydrogens is 228 g/mol. The Labute approximate surface area is 111 Å². The van der Waals surface area contributed by atoms with Gasteiger partial charge in [-0.15, -0.1) is 0 Å². The van der Waals surface area contributed by atoms with Gasteiger partial charge in [-0.2, -0.15) is 0 Å². The van der Waals surface area contributed by atoms with E-state index in [1.165, 1.54) is 0 Å². The van der Waals surface area contributed by atoms with E-state index in [9.17, 15) is 4.79 Å². The minimum absolute atomic E-state index is 0.0818. The lowest BCUT2D eigenvalue weighted by atomic mass is 9.89. The van der Waals surface area contributed by atoms with Crippen LogP contribution in [0.15, 0.2) is 0 Å². The van der Waals surface area contributed by atoms with E-state index in [4.69, 9.17) is 4.74 Å². The van der Waals surface area contributed by atoms with Crippen molar-refractivity contribution in [3.63, 3.8) is 0 Å². The van der Waals surface area contributed by atoms with Crippen molar-refractivity contribution in [3.05, 3.63) is 0 Å². The summed E-state index contributed by atoms with van der Waals surface area (Å²) >= 11 is 0. The molecule has 1 aliphatic rings. The fraction of sp³-hybridized carbons (Fsp3) is 0.929. The maximum absolute atomic E-state index is 11.9. The molecule has 2 unspecified atom stereocenters. The summed E-state index contributed by atoms with van der Waals surface area (Å²) in [6, 6.07) is 0.0818. The van der Waals surface area contributed by atoms with Gasteiger partial charge in [0.05, 0.1) is 6.10 Å². The molecule has 2 atom stereocenters. The van der Waals surface area contributed by atoms with Gasteiger partial charge in [-0.1, -0.05) is 13.8 Å². The molecule has 0 aromatic heterocycles. The molecule has 4 heteroatoms. The first-order valence-corrected chi connectivity index (χ1v) is 7.15. The number of urea groups is 1. The van der Waals surface area contributed by atoms with Gasteiger partial charge < -0.3 is 15.0 Å². The van der Waals surface area contributed by atoms with Gasteiger partial charge in [0.15, 0.2) is 0 Å². The van der Waals surface area contributed by atoms with Crippen molar-refractivity contribution in [2.75, 3.05) is 26.2 Å². The first-order valence-electron chi connectivity index (χ1n) is 7.15. The Bertz CT molecular complexity index is 256. The lowest BCUT2D eigenvalue weighted by Crippen LogP contribution is -2.47. The van der Waals surface area contributed by atoms with Crippen molar-refractivity contribution in [1.29, 1.82) is 0 Å². The van der Waals surface area contributed by atoms with Gasteiger partial charge in [0.2, 0.25) is 0 Å². The Balaban J connectivity index is 2.13. The number of amides is 2. The number of carbonyl (C=O) groups excluding carboxylic acids is 1. The third-order valence-corrected chi connectivity index (χ3v) is 3.67. The highest BCUT2D eigenvalue weighted by Gasteiger charge is 2.25. The standard InChI is InChI=1S/C14H28N2O2/c1-11(2)18-9-5-7-15-14(17)16-8-6-12(3)13(4)10-16/h11-13H,5-10H2,1-4H3,(H,15,17). The van der Waals surface area contributed by atoms with E-state index in [0.717, 1.165) is 31.8 Å². The molecule has 0 radical (unpaired) electrons. The molecule has 0 aromatic rings. The summed E-state index contributed by atoms with van der Waals surface area (Å²) in [7, 11) is 0. The fourth-order valence-corrected chi connectivity index (χ4v) is 2.15. The van der Waals surface area contributed by atoms with Gasteiger partial charge in [-0.3, -0.25) is 0 Å². The number of rotatable bonds is 5. The molecule has 1 aliphatic heterocycles. The number of ether oxygens (including phenoxy) is 1. The zero-order valence-electron chi connectivity index (χ0n) is 12.2. The summed E-state index contributed by atoms with van der Waals surface area (Å²) in [6.07, 6.45) is 2.26. The maximum atomic E-state index is 11.9. The second-order valence-corrected chi connectivity index (χ2v) is 5.69. The molecule has 1 fully saturated rings. The predicted molar refractivity (Wildman–Crippen MR) is 73.6 cm³/mol. The summed E-state index contributed by atoms with van der Waals surface area (Å²) < 4.78 is 5.44. The second-order valence-electron chi connectivity index (χ2n) is 5.69. The van der Waals surface area contributed by atoms with Gasteiger partial charge in [0.25, 0.3) is 0 Å². The van der Waals surface area contributed by atoms with Crippen molar-refractivity contribution in [2.45, 2.75) is 46.6 Å². The molecular formula is C14H28N2O2. The molecule has 1 heterocycles. The van der Waals surface area contributed by atoms with Crippen LogP contribution < -0.4 is 5.32 Å². The Kier molecular flexibility index (Phi) is 6.47. The number of likely N-dealkylation sites (tertiary alicyclic amines) is 1. The zero-order valence-corrected chi connectivity index (χ0v) is 12.2. The quantitative estimate of drug-likeness (QED) is 0.768. The average molecular weight is 256 g/mol. The van der Waals surface area contributed by atoms with E-state index < -0.39 is 0 Å². The van der Waals surface area contributed by atoms with Crippen molar-refractivity contribution in [1.82, 2.24) is 10.2 Å². The molecule has 1 rings (SSSR count). The Morgan fingerprint density at radius 1 is 1.39 bits per heavy atom. The molecule has 0 aliphatic carbocycles. The second kappa shape index (κ2) is 7.62. The molecule has 0 spiro atoms. The number of nitrogens with zero attached hydrogens (tertiary/aromatic N) is 1. The first kappa shape index (κ1) is 15.3. The molecule has 0 aromatic carbocycles. The largest absolute Gasteiger partial charge is 0.379 e. The monoisotopic (exact) mass is 256 g/mol. The van der Waals surface area contributed by atoms with E-state index in [-0.39, 0.29) is 12.1 Å². The average Bonchev–Trinajstić information content (AvgIpc) is 2.31. The van der Waals surface area contributed by atoms with E-state index in [1.807, 2.05) is 18.7 Å². The highest BCUT2D eigenvalue weighted by Crippen LogP contribution is 2.22. The molecule has 1 saturated heterocycles. The summed E-state index contributed by atoms with van der Waals surface area (Å²) in [5, 5.41) is 2.97. The van der Waals surface area contributed by atoms with Crippen LogP contribution in [0.3, 0.4) is 0 Å². The number of nitrogens with one attached hydrogen (secondary N) is 1. The SMILES string of the molecule is CC(C)OCCCNC(=O)N1CCC(C)C(C)C1. The molecule has 1 N–H and O–H groups in total. The first-order chi connectivity index (χ1) is 8.50. The normalized spacial score (nSPS) is 24.4. The maximum Gasteiger partial charge on any atom is 0.317 e. The predicted octanol–water partition coefficient (Wildman–Crippen LogP) is 2.49. The van der Waals surface area contributed by atoms with Crippen LogP contribution in [0.1, 0.15) is 40.5 Å². The molecule has 0 saturated carbocycles. The van der Waals surface area contributed by atoms with Crippen molar-refractivity contribution in [3.8, 4) is 0 Å². The fourth-order valence-electron chi connectivity index (χ4n) is 2.15. The topological polar surface area (TPSA) is 41.6 Å². The molecule has 18 heavy (non-hydrogen) atoms. The van der Waals surface area contributed by atoms with E-state index in [1.54, 1.807) is 0 Å². The Hall–Kier alpha value is -0.770. The van der Waals surface area contributed by atoms with Gasteiger partial charge >= 0.3 is 6.03 Å². The lowest BCUT2D eigenvalue weighted by Gasteiger charge is -2.35. The van der Waals surface area contributed by atoms with Crippen LogP contribution in [0, 0.1) is 11.8 Å². The van der Waals surface area contributed by atoms with Crippen LogP contribution in [0.5, 0.6) is 0 Å². The van der Waals surface area contributed by atoms with Crippen LogP contribution in [-0.2, 0) is 4.74 Å². The van der Waals surface area contributed by atoms with Gasteiger partial charge in [0, 0.05) is 26.2 Å². The van der Waals surface area contributed by atoms with Gasteiger partial charge in [-0.25, -0.2) is 4.79 Å². The summed E-state index contributed by atoms with van der Waals surface area (Å²) in [6.45, 7) is 11.7. The van der Waals surface area contributed by atoms with Gasteiger partial charge in [0.1, 0.15) is 0 Å². The molecule has 106 valence electrons. The van der Waals surface area contributed by atoms with Crippen LogP contribution >= 0.6 is 0 Å². The van der Waals surface area contributed by atoms with Crippen LogP contribution in [-0.4, -0.2) is 43.3 Å². The molecule has 0 bridgehead atoms. The van der Waals surface area contributed by atoms with Crippen LogP contribution in [0.4, 0.5) is 4.79 Å². The van der Waals surface area contributed by atoms with E-state index in [0.29, 0.717) is 19.1 Å². The molecule has 2 amide bonds. The van der Waals surface area contributed by atoms with Crippen molar-refractivity contribution < 1.29 is 9.53 Å². The van der Waals surface area contributed by atoms with E-state index in [2.05, 4.69) is 19.2 Å². The highest BCUT2D eigenvalue weighted by atomic mass is 16.5. The van der Waals surface area contributed by atoms with Crippen molar-refractivity contribution in [2.24, 2.45) is 11.8 Å². The third-order valence-electron chi connectivity index (χ3n) is 3.67. The highest BCUT2D eigenvalue weighted by molar-refractivity contribution is 5.74. The minimum atomic E-state index is 0.0818. The zero-order chi connectivity index (χ0) is 13.5. The Morgan fingerprint density at radius 2 is 2.11 bits per heavy atom. The summed E-state index contributed by atoms with van der Waals surface area (Å²) in [5.74, 6) is 1.34. The Morgan fingerprint density at radius 3 is 2.72 bits per heavy atom.